The summed E-state index contributed by atoms with van der Waals surface area (Å²) >= 11 is 1.24. The number of nitrogens with two attached hydrogens (primary N) is 1. The van der Waals surface area contributed by atoms with Crippen LogP contribution in [-0.2, 0) is 10.0 Å². The van der Waals surface area contributed by atoms with Crippen LogP contribution >= 0.6 is 11.3 Å². The number of rotatable bonds is 6. The molecule has 0 amide bonds. The number of nitrogens with zero attached hydrogens (tertiary/aromatic N) is 3. The van der Waals surface area contributed by atoms with Crippen molar-refractivity contribution >= 4 is 49.0 Å². The van der Waals surface area contributed by atoms with Gasteiger partial charge in [-0.3, -0.25) is 4.79 Å². The van der Waals surface area contributed by atoms with Gasteiger partial charge in [0.05, 0.1) is 10.6 Å². The number of nitrogens with one attached hydrogen (secondary N) is 1. The molecule has 0 unspecified atom stereocenters. The molecule has 0 aliphatic rings. The molecule has 0 saturated heterocycles. The molecule has 4 rings (SSSR count). The Balaban J connectivity index is 1.61. The Hall–Kier alpha value is -3.37. The van der Waals surface area contributed by atoms with Crippen LogP contribution in [0.15, 0.2) is 53.6 Å². The van der Waals surface area contributed by atoms with Gasteiger partial charge in [-0.1, -0.05) is 13.8 Å². The van der Waals surface area contributed by atoms with Crippen molar-refractivity contribution < 1.29 is 13.2 Å². The van der Waals surface area contributed by atoms with E-state index in [2.05, 4.69) is 19.7 Å². The highest BCUT2D eigenvalue weighted by molar-refractivity contribution is 7.92. The largest absolute Gasteiger partial charge is 0.397 e. The highest BCUT2D eigenvalue weighted by Gasteiger charge is 2.21. The molecule has 0 aliphatic carbocycles. The molecule has 0 bridgehead atoms. The predicted molar refractivity (Wildman–Crippen MR) is 126 cm³/mol. The van der Waals surface area contributed by atoms with E-state index in [0.29, 0.717) is 26.7 Å². The fourth-order valence-electron chi connectivity index (χ4n) is 3.10. The van der Waals surface area contributed by atoms with Crippen LogP contribution in [0.2, 0.25) is 0 Å². The van der Waals surface area contributed by atoms with Crippen LogP contribution < -0.4 is 10.5 Å². The van der Waals surface area contributed by atoms with E-state index in [4.69, 9.17) is 5.73 Å². The smallest absolute Gasteiger partial charge is 0.264 e. The molecule has 1 aromatic carbocycles. The number of thiophene rings is 1. The average Bonchev–Trinajstić information content (AvgIpc) is 3.09. The zero-order valence-corrected chi connectivity index (χ0v) is 19.3. The minimum atomic E-state index is -3.90. The predicted octanol–water partition coefficient (Wildman–Crippen LogP) is 4.13. The number of nitrogen functional groups attached to an aromatic ring is 1. The van der Waals surface area contributed by atoms with Crippen molar-refractivity contribution in [3.63, 3.8) is 0 Å². The monoisotopic (exact) mass is 467 g/mol. The molecule has 32 heavy (non-hydrogen) atoms. The second kappa shape index (κ2) is 8.29. The van der Waals surface area contributed by atoms with Crippen molar-refractivity contribution in [2.45, 2.75) is 31.6 Å². The van der Waals surface area contributed by atoms with Crippen LogP contribution in [0.25, 0.3) is 10.2 Å². The van der Waals surface area contributed by atoms with Crippen LogP contribution in [0.4, 0.5) is 11.6 Å². The van der Waals surface area contributed by atoms with E-state index in [-0.39, 0.29) is 22.5 Å². The zero-order valence-electron chi connectivity index (χ0n) is 17.7. The Labute approximate surface area is 189 Å². The summed E-state index contributed by atoms with van der Waals surface area (Å²) in [6, 6.07) is 11.1. The third-order valence-electron chi connectivity index (χ3n) is 4.86. The fraction of sp³-hybridized carbons (Fsp3) is 0.182. The molecule has 164 valence electrons. The number of carbonyl (C=O) groups is 1. The third kappa shape index (κ3) is 4.19. The lowest BCUT2D eigenvalue weighted by Crippen LogP contribution is -2.15. The molecule has 0 spiro atoms. The van der Waals surface area contributed by atoms with Crippen LogP contribution in [0.1, 0.15) is 46.4 Å². The normalized spacial score (nSPS) is 11.8. The van der Waals surface area contributed by atoms with E-state index in [1.54, 1.807) is 13.0 Å². The summed E-state index contributed by atoms with van der Waals surface area (Å²) in [5.41, 5.74) is 8.51. The number of benzene rings is 1. The number of aromatic nitrogens is 3. The van der Waals surface area contributed by atoms with Crippen LogP contribution in [0.5, 0.6) is 0 Å². The Morgan fingerprint density at radius 2 is 1.78 bits per heavy atom. The molecule has 10 heteroatoms. The summed E-state index contributed by atoms with van der Waals surface area (Å²) in [7, 11) is -3.90. The highest BCUT2D eigenvalue weighted by Crippen LogP contribution is 2.35. The molecule has 4 aromatic rings. The maximum absolute atomic E-state index is 13.1. The minimum Gasteiger partial charge on any atom is -0.397 e. The zero-order chi connectivity index (χ0) is 23.0. The van der Waals surface area contributed by atoms with Gasteiger partial charge in [-0.2, -0.15) is 0 Å². The Morgan fingerprint density at radius 1 is 1.06 bits per heavy atom. The summed E-state index contributed by atoms with van der Waals surface area (Å²) in [5, 5.41) is 0.740. The van der Waals surface area contributed by atoms with E-state index >= 15 is 0 Å². The maximum Gasteiger partial charge on any atom is 0.264 e. The van der Waals surface area contributed by atoms with Gasteiger partial charge < -0.3 is 5.73 Å². The molecular weight excluding hydrogens is 446 g/mol. The molecule has 3 N–H and O–H groups in total. The third-order valence-corrected chi connectivity index (χ3v) is 7.32. The number of carbonyl (C=O) groups excluding carboxylic acids is 1. The number of hydrogen-bond donors (Lipinski definition) is 2. The van der Waals surface area contributed by atoms with Crippen LogP contribution in [0, 0.1) is 6.92 Å². The number of ketones is 1. The van der Waals surface area contributed by atoms with Gasteiger partial charge in [0.2, 0.25) is 11.7 Å². The quantitative estimate of drug-likeness (QED) is 0.408. The van der Waals surface area contributed by atoms with E-state index < -0.39 is 10.0 Å². The van der Waals surface area contributed by atoms with Crippen LogP contribution in [0.3, 0.4) is 0 Å². The Bertz CT molecular complexity index is 1430. The molecule has 3 aromatic heterocycles. The second-order valence-corrected chi connectivity index (χ2v) is 10.3. The number of hydrogen-bond acceptors (Lipinski definition) is 8. The standard InChI is InChI=1S/C22H21N5O3S2/c1-12(2)17-9-8-16-18(23)20(31-21(16)26-17)19(28)14-4-6-15(7-5-14)32(29,30)27-22-24-11-10-13(3)25-22/h4-12H,23H2,1-3H3,(H,24,25,27). The average molecular weight is 468 g/mol. The van der Waals surface area contributed by atoms with Gasteiger partial charge >= 0.3 is 0 Å². The molecule has 0 atom stereocenters. The minimum absolute atomic E-state index is 0.00768. The Morgan fingerprint density at radius 3 is 2.44 bits per heavy atom. The van der Waals surface area contributed by atoms with Crippen molar-refractivity contribution in [2.24, 2.45) is 0 Å². The van der Waals surface area contributed by atoms with Gasteiger partial charge in [-0.05, 0) is 55.3 Å². The maximum atomic E-state index is 13.1. The van der Waals surface area contributed by atoms with Crippen molar-refractivity contribution in [1.82, 2.24) is 15.0 Å². The molecular formula is C22H21N5O3S2. The molecule has 8 nitrogen and oxygen atoms in total. The van der Waals surface area contributed by atoms with Crippen molar-refractivity contribution in [1.29, 1.82) is 0 Å². The lowest BCUT2D eigenvalue weighted by Gasteiger charge is -2.07. The van der Waals surface area contributed by atoms with Gasteiger partial charge in [0.15, 0.2) is 0 Å². The first kappa shape index (κ1) is 21.8. The topological polar surface area (TPSA) is 128 Å². The molecule has 3 heterocycles. The lowest BCUT2D eigenvalue weighted by molar-refractivity contribution is 0.104. The number of pyridine rings is 1. The van der Waals surface area contributed by atoms with Gasteiger partial charge in [-0.25, -0.2) is 28.1 Å². The van der Waals surface area contributed by atoms with E-state index in [0.717, 1.165) is 11.1 Å². The van der Waals surface area contributed by atoms with Gasteiger partial charge in [-0.15, -0.1) is 11.3 Å². The Kier molecular flexibility index (Phi) is 5.66. The summed E-state index contributed by atoms with van der Waals surface area (Å²) in [5.74, 6) is -0.0397. The molecule has 0 radical (unpaired) electrons. The summed E-state index contributed by atoms with van der Waals surface area (Å²) in [6.45, 7) is 5.83. The van der Waals surface area contributed by atoms with E-state index in [1.807, 2.05) is 26.0 Å². The van der Waals surface area contributed by atoms with Gasteiger partial charge in [0, 0.05) is 28.5 Å². The van der Waals surface area contributed by atoms with Crippen molar-refractivity contribution in [3.8, 4) is 0 Å². The van der Waals surface area contributed by atoms with E-state index in [1.165, 1.54) is 41.8 Å². The fourth-order valence-corrected chi connectivity index (χ4v) is 5.11. The number of aryl methyl sites for hydroxylation is 1. The lowest BCUT2D eigenvalue weighted by atomic mass is 10.1. The molecule has 0 saturated carbocycles. The second-order valence-electron chi connectivity index (χ2n) is 7.57. The number of sulfonamides is 1. The number of fused-ring (bicyclic) bond motifs is 1. The van der Waals surface area contributed by atoms with Gasteiger partial charge in [0.25, 0.3) is 10.0 Å². The van der Waals surface area contributed by atoms with Gasteiger partial charge in [0.1, 0.15) is 9.71 Å². The first-order valence-corrected chi connectivity index (χ1v) is 12.1. The molecule has 0 fully saturated rings. The SMILES string of the molecule is Cc1ccnc(NS(=O)(=O)c2ccc(C(=O)c3sc4nc(C(C)C)ccc4c3N)cc2)n1. The summed E-state index contributed by atoms with van der Waals surface area (Å²) in [6.07, 6.45) is 1.47. The van der Waals surface area contributed by atoms with Crippen molar-refractivity contribution in [3.05, 3.63) is 70.5 Å². The summed E-state index contributed by atoms with van der Waals surface area (Å²) < 4.78 is 27.6. The first-order valence-electron chi connectivity index (χ1n) is 9.82. The number of anilines is 2. The van der Waals surface area contributed by atoms with E-state index in [9.17, 15) is 13.2 Å². The summed E-state index contributed by atoms with van der Waals surface area (Å²) in [4.78, 5) is 26.7. The highest BCUT2D eigenvalue weighted by atomic mass is 32.2. The van der Waals surface area contributed by atoms with Crippen LogP contribution in [-0.4, -0.2) is 29.2 Å². The van der Waals surface area contributed by atoms with Crippen molar-refractivity contribution in [2.75, 3.05) is 10.5 Å². The first-order chi connectivity index (χ1) is 15.2. The molecule has 0 aliphatic heterocycles.